The highest BCUT2D eigenvalue weighted by molar-refractivity contribution is 5.89. The summed E-state index contributed by atoms with van der Waals surface area (Å²) in [5.74, 6) is 0. The van der Waals surface area contributed by atoms with Crippen LogP contribution in [0.1, 0.15) is 31.9 Å². The molecule has 0 bridgehead atoms. The number of anilines is 2. The lowest BCUT2D eigenvalue weighted by molar-refractivity contribution is 0.208. The Morgan fingerprint density at radius 3 is 2.15 bits per heavy atom. The number of para-hydroxylation sites is 1. The largest absolute Gasteiger partial charge is 0.368 e. The second-order valence-corrected chi connectivity index (χ2v) is 8.04. The number of aryl methyl sites for hydroxylation is 1. The third-order valence-electron chi connectivity index (χ3n) is 4.92. The lowest BCUT2D eigenvalue weighted by Gasteiger charge is -2.38. The first-order valence-electron chi connectivity index (χ1n) is 9.31. The molecule has 26 heavy (non-hydrogen) atoms. The van der Waals surface area contributed by atoms with E-state index in [-0.39, 0.29) is 11.4 Å². The number of carbonyl (C=O) groups excluding carboxylic acids is 1. The Labute approximate surface area is 156 Å². The maximum atomic E-state index is 12.5. The summed E-state index contributed by atoms with van der Waals surface area (Å²) in [4.78, 5) is 16.8. The minimum atomic E-state index is -0.0161. The molecule has 1 N–H and O–H groups in total. The summed E-state index contributed by atoms with van der Waals surface area (Å²) in [5, 5.41) is 3.00. The fourth-order valence-electron chi connectivity index (χ4n) is 3.37. The summed E-state index contributed by atoms with van der Waals surface area (Å²) < 4.78 is 0. The maximum Gasteiger partial charge on any atom is 0.321 e. The molecule has 0 unspecified atom stereocenters. The molecule has 0 saturated carbocycles. The molecule has 1 heterocycles. The number of nitrogens with one attached hydrogen (secondary N) is 1. The van der Waals surface area contributed by atoms with Crippen LogP contribution < -0.4 is 10.2 Å². The first kappa shape index (κ1) is 18.3. The van der Waals surface area contributed by atoms with Crippen LogP contribution in [-0.4, -0.2) is 37.1 Å². The van der Waals surface area contributed by atoms with Crippen LogP contribution in [0, 0.1) is 6.92 Å². The maximum absolute atomic E-state index is 12.5. The predicted octanol–water partition coefficient (Wildman–Crippen LogP) is 4.65. The average molecular weight is 351 g/mol. The molecule has 2 aromatic carbocycles. The lowest BCUT2D eigenvalue weighted by atomic mass is 9.85. The van der Waals surface area contributed by atoms with Crippen molar-refractivity contribution in [2.75, 3.05) is 36.4 Å². The van der Waals surface area contributed by atoms with Crippen molar-refractivity contribution in [3.05, 3.63) is 59.7 Å². The van der Waals surface area contributed by atoms with Crippen molar-refractivity contribution < 1.29 is 4.79 Å². The molecule has 3 rings (SSSR count). The molecule has 2 aromatic rings. The molecule has 138 valence electrons. The monoisotopic (exact) mass is 351 g/mol. The van der Waals surface area contributed by atoms with Crippen LogP contribution in [0.4, 0.5) is 16.2 Å². The number of rotatable bonds is 2. The molecule has 0 radical (unpaired) electrons. The van der Waals surface area contributed by atoms with E-state index in [1.54, 1.807) is 0 Å². The number of hydrogen-bond donors (Lipinski definition) is 1. The van der Waals surface area contributed by atoms with E-state index in [9.17, 15) is 4.79 Å². The van der Waals surface area contributed by atoms with Gasteiger partial charge in [-0.25, -0.2) is 4.79 Å². The number of benzene rings is 2. The summed E-state index contributed by atoms with van der Waals surface area (Å²) >= 11 is 0. The van der Waals surface area contributed by atoms with Crippen LogP contribution >= 0.6 is 0 Å². The van der Waals surface area contributed by atoms with Crippen molar-refractivity contribution in [3.63, 3.8) is 0 Å². The van der Waals surface area contributed by atoms with Crippen molar-refractivity contribution >= 4 is 17.4 Å². The Hall–Kier alpha value is -2.49. The molecule has 0 spiro atoms. The Kier molecular flexibility index (Phi) is 5.21. The summed E-state index contributed by atoms with van der Waals surface area (Å²) in [6.45, 7) is 12.0. The summed E-state index contributed by atoms with van der Waals surface area (Å²) in [6.07, 6.45) is 0. The molecular formula is C22H29N3O. The molecule has 1 saturated heterocycles. The third-order valence-corrected chi connectivity index (χ3v) is 4.92. The second kappa shape index (κ2) is 7.40. The zero-order valence-electron chi connectivity index (χ0n) is 16.2. The molecule has 4 heteroatoms. The zero-order valence-corrected chi connectivity index (χ0v) is 16.2. The van der Waals surface area contributed by atoms with Gasteiger partial charge in [0.25, 0.3) is 0 Å². The van der Waals surface area contributed by atoms with Gasteiger partial charge in [-0.1, -0.05) is 56.7 Å². The van der Waals surface area contributed by atoms with Crippen LogP contribution in [0.3, 0.4) is 0 Å². The van der Waals surface area contributed by atoms with E-state index in [1.807, 2.05) is 36.1 Å². The Balaban J connectivity index is 1.63. The standard InChI is InChI=1S/C22H29N3O/c1-17-9-11-18(12-10-17)23-21(26)25-15-13-24(14-16-25)20-8-6-5-7-19(20)22(2,3)4/h5-12H,13-16H2,1-4H3,(H,23,26). The van der Waals surface area contributed by atoms with E-state index in [2.05, 4.69) is 55.3 Å². The van der Waals surface area contributed by atoms with Crippen LogP contribution in [0.15, 0.2) is 48.5 Å². The first-order valence-corrected chi connectivity index (χ1v) is 9.31. The normalized spacial score (nSPS) is 15.1. The number of urea groups is 1. The summed E-state index contributed by atoms with van der Waals surface area (Å²) in [5.41, 5.74) is 4.79. The van der Waals surface area contributed by atoms with Gasteiger partial charge in [0, 0.05) is 37.6 Å². The molecule has 0 aliphatic carbocycles. The van der Waals surface area contributed by atoms with Crippen molar-refractivity contribution in [2.24, 2.45) is 0 Å². The van der Waals surface area contributed by atoms with E-state index in [4.69, 9.17) is 0 Å². The van der Waals surface area contributed by atoms with Gasteiger partial charge in [-0.15, -0.1) is 0 Å². The van der Waals surface area contributed by atoms with E-state index in [1.165, 1.54) is 16.8 Å². The van der Waals surface area contributed by atoms with Crippen molar-refractivity contribution in [2.45, 2.75) is 33.1 Å². The highest BCUT2D eigenvalue weighted by atomic mass is 16.2. The molecular weight excluding hydrogens is 322 g/mol. The molecule has 1 fully saturated rings. The number of piperazine rings is 1. The highest BCUT2D eigenvalue weighted by Gasteiger charge is 2.25. The number of hydrogen-bond acceptors (Lipinski definition) is 2. The SMILES string of the molecule is Cc1ccc(NC(=O)N2CCN(c3ccccc3C(C)(C)C)CC2)cc1. The van der Waals surface area contributed by atoms with E-state index >= 15 is 0 Å². The Bertz CT molecular complexity index is 754. The zero-order chi connectivity index (χ0) is 18.7. The molecule has 1 aliphatic rings. The number of nitrogens with zero attached hydrogens (tertiary/aromatic N) is 2. The molecule has 2 amide bonds. The fourth-order valence-corrected chi connectivity index (χ4v) is 3.37. The molecule has 1 aliphatic heterocycles. The lowest BCUT2D eigenvalue weighted by Crippen LogP contribution is -2.50. The second-order valence-electron chi connectivity index (χ2n) is 8.04. The van der Waals surface area contributed by atoms with Gasteiger partial charge in [-0.2, -0.15) is 0 Å². The highest BCUT2D eigenvalue weighted by Crippen LogP contribution is 2.32. The van der Waals surface area contributed by atoms with Gasteiger partial charge in [-0.3, -0.25) is 0 Å². The molecule has 0 aromatic heterocycles. The van der Waals surface area contributed by atoms with Crippen molar-refractivity contribution in [3.8, 4) is 0 Å². The van der Waals surface area contributed by atoms with Gasteiger partial charge in [0.2, 0.25) is 0 Å². The van der Waals surface area contributed by atoms with Gasteiger partial charge >= 0.3 is 6.03 Å². The van der Waals surface area contributed by atoms with Gasteiger partial charge in [0.1, 0.15) is 0 Å². The van der Waals surface area contributed by atoms with E-state index in [0.29, 0.717) is 0 Å². The Morgan fingerprint density at radius 2 is 1.54 bits per heavy atom. The number of amides is 2. The van der Waals surface area contributed by atoms with Crippen molar-refractivity contribution in [1.82, 2.24) is 4.90 Å². The van der Waals surface area contributed by atoms with Crippen LogP contribution in [0.25, 0.3) is 0 Å². The van der Waals surface area contributed by atoms with E-state index < -0.39 is 0 Å². The van der Waals surface area contributed by atoms with Gasteiger partial charge in [0.05, 0.1) is 0 Å². The summed E-state index contributed by atoms with van der Waals surface area (Å²) in [7, 11) is 0. The van der Waals surface area contributed by atoms with Crippen LogP contribution in [-0.2, 0) is 5.41 Å². The van der Waals surface area contributed by atoms with Crippen LogP contribution in [0.5, 0.6) is 0 Å². The number of carbonyl (C=O) groups is 1. The predicted molar refractivity (Wildman–Crippen MR) is 109 cm³/mol. The van der Waals surface area contributed by atoms with Crippen LogP contribution in [0.2, 0.25) is 0 Å². The van der Waals surface area contributed by atoms with Gasteiger partial charge in [0.15, 0.2) is 0 Å². The minimum Gasteiger partial charge on any atom is -0.368 e. The smallest absolute Gasteiger partial charge is 0.321 e. The average Bonchev–Trinajstić information content (AvgIpc) is 2.63. The minimum absolute atomic E-state index is 0.0161. The van der Waals surface area contributed by atoms with E-state index in [0.717, 1.165) is 31.9 Å². The van der Waals surface area contributed by atoms with Gasteiger partial charge < -0.3 is 15.1 Å². The third kappa shape index (κ3) is 4.18. The topological polar surface area (TPSA) is 35.6 Å². The quantitative estimate of drug-likeness (QED) is 0.855. The first-order chi connectivity index (χ1) is 12.3. The Morgan fingerprint density at radius 1 is 0.923 bits per heavy atom. The summed E-state index contributed by atoms with van der Waals surface area (Å²) in [6, 6.07) is 16.5. The van der Waals surface area contributed by atoms with Gasteiger partial charge in [-0.05, 0) is 36.1 Å². The van der Waals surface area contributed by atoms with Crippen molar-refractivity contribution in [1.29, 1.82) is 0 Å². The fraction of sp³-hybridized carbons (Fsp3) is 0.409. The molecule has 0 atom stereocenters. The molecule has 4 nitrogen and oxygen atoms in total.